The number of carbonyl (C=O) groups is 3. The number of hydrogen-bond acceptors (Lipinski definition) is 3. The van der Waals surface area contributed by atoms with Crippen molar-refractivity contribution >= 4 is 23.5 Å². The van der Waals surface area contributed by atoms with Crippen molar-refractivity contribution in [1.82, 2.24) is 15.5 Å². The average Bonchev–Trinajstić information content (AvgIpc) is 3.17. The molecule has 10 heteroatoms. The number of amides is 4. The summed E-state index contributed by atoms with van der Waals surface area (Å²) in [5.41, 5.74) is 0.393. The first-order valence-electron chi connectivity index (χ1n) is 10.3. The van der Waals surface area contributed by atoms with E-state index in [4.69, 9.17) is 0 Å². The molecule has 0 aliphatic carbocycles. The zero-order valence-corrected chi connectivity index (χ0v) is 17.4. The van der Waals surface area contributed by atoms with Crippen molar-refractivity contribution in [3.8, 4) is 11.1 Å². The third-order valence-electron chi connectivity index (χ3n) is 5.64. The highest BCUT2D eigenvalue weighted by atomic mass is 19.4. The largest absolute Gasteiger partial charge is 0.416 e. The van der Waals surface area contributed by atoms with Gasteiger partial charge in [-0.3, -0.25) is 9.59 Å². The Bertz CT molecular complexity index is 1130. The topological polar surface area (TPSA) is 90.5 Å². The van der Waals surface area contributed by atoms with Gasteiger partial charge in [0.05, 0.1) is 22.9 Å². The number of nitrogens with zero attached hydrogens (tertiary/aromatic N) is 1. The number of hydrogen-bond donors (Lipinski definition) is 3. The molecule has 1 saturated heterocycles. The van der Waals surface area contributed by atoms with Crippen molar-refractivity contribution in [1.29, 1.82) is 0 Å². The standard InChI is InChI=1S/C23H21F3N4O3/c1-2-8-27-22(33)28-16-11-19-20(31)29-18-7-6-14(10-17(18)21(32)30(19)12-16)13-4-3-5-15(9-13)23(24,25)26/h2-7,9-10,16,19H,1,8,11-12H2,(H,29,31)(H2,27,28,33)/t16-,19-/m0/s1. The zero-order valence-electron chi connectivity index (χ0n) is 17.4. The summed E-state index contributed by atoms with van der Waals surface area (Å²) in [6.07, 6.45) is -2.72. The minimum absolute atomic E-state index is 0.131. The maximum Gasteiger partial charge on any atom is 0.416 e. The molecule has 0 spiro atoms. The van der Waals surface area contributed by atoms with Crippen molar-refractivity contribution < 1.29 is 27.6 Å². The Kier molecular flexibility index (Phi) is 5.84. The smallest absolute Gasteiger partial charge is 0.335 e. The van der Waals surface area contributed by atoms with E-state index < -0.39 is 35.8 Å². The van der Waals surface area contributed by atoms with E-state index in [0.29, 0.717) is 16.8 Å². The Morgan fingerprint density at radius 1 is 1.18 bits per heavy atom. The number of benzene rings is 2. The highest BCUT2D eigenvalue weighted by Gasteiger charge is 2.43. The Balaban J connectivity index is 1.61. The molecule has 2 aromatic rings. The average molecular weight is 458 g/mol. The fourth-order valence-corrected chi connectivity index (χ4v) is 4.07. The Hall–Kier alpha value is -3.82. The summed E-state index contributed by atoms with van der Waals surface area (Å²) < 4.78 is 39.3. The SMILES string of the molecule is C=CCNC(=O)N[C@H]1C[C@H]2C(=O)Nc3ccc(-c4cccc(C(F)(F)F)c4)cc3C(=O)N2C1. The second-order valence-electron chi connectivity index (χ2n) is 7.88. The van der Waals surface area contributed by atoms with Gasteiger partial charge in [0.1, 0.15) is 6.04 Å². The molecule has 2 atom stereocenters. The highest BCUT2D eigenvalue weighted by molar-refractivity contribution is 6.10. The highest BCUT2D eigenvalue weighted by Crippen LogP contribution is 2.35. The van der Waals surface area contributed by atoms with Crippen molar-refractivity contribution in [2.75, 3.05) is 18.4 Å². The Labute approximate surface area is 187 Å². The molecule has 1 fully saturated rings. The van der Waals surface area contributed by atoms with Gasteiger partial charge < -0.3 is 20.9 Å². The molecular formula is C23H21F3N4O3. The van der Waals surface area contributed by atoms with Gasteiger partial charge in [-0.25, -0.2) is 4.79 Å². The summed E-state index contributed by atoms with van der Waals surface area (Å²) in [6.45, 7) is 3.92. The van der Waals surface area contributed by atoms with Crippen molar-refractivity contribution in [2.45, 2.75) is 24.7 Å². The molecule has 0 aromatic heterocycles. The summed E-state index contributed by atoms with van der Waals surface area (Å²) in [4.78, 5) is 39.4. The van der Waals surface area contributed by atoms with E-state index in [1.54, 1.807) is 6.07 Å². The van der Waals surface area contributed by atoms with Gasteiger partial charge in [0.2, 0.25) is 5.91 Å². The van der Waals surface area contributed by atoms with Crippen LogP contribution in [0, 0.1) is 0 Å². The molecule has 0 bridgehead atoms. The second-order valence-corrected chi connectivity index (χ2v) is 7.88. The third-order valence-corrected chi connectivity index (χ3v) is 5.64. The van der Waals surface area contributed by atoms with Crippen LogP contribution in [0.25, 0.3) is 11.1 Å². The lowest BCUT2D eigenvalue weighted by molar-refractivity contribution is -0.137. The number of rotatable bonds is 4. The van der Waals surface area contributed by atoms with Crippen LogP contribution in [0.15, 0.2) is 55.1 Å². The molecule has 33 heavy (non-hydrogen) atoms. The van der Waals surface area contributed by atoms with Crippen LogP contribution in [0.1, 0.15) is 22.3 Å². The van der Waals surface area contributed by atoms with Crippen molar-refractivity contribution in [3.63, 3.8) is 0 Å². The van der Waals surface area contributed by atoms with Crippen LogP contribution in [-0.4, -0.2) is 47.9 Å². The minimum Gasteiger partial charge on any atom is -0.335 e. The van der Waals surface area contributed by atoms with Crippen LogP contribution >= 0.6 is 0 Å². The second kappa shape index (κ2) is 8.61. The molecule has 172 valence electrons. The number of fused-ring (bicyclic) bond motifs is 2. The molecule has 2 heterocycles. The van der Waals surface area contributed by atoms with Gasteiger partial charge in [-0.15, -0.1) is 6.58 Å². The lowest BCUT2D eigenvalue weighted by atomic mass is 9.99. The van der Waals surface area contributed by atoms with Gasteiger partial charge in [0.25, 0.3) is 5.91 Å². The van der Waals surface area contributed by atoms with E-state index in [2.05, 4.69) is 22.5 Å². The van der Waals surface area contributed by atoms with Gasteiger partial charge >= 0.3 is 12.2 Å². The molecule has 0 saturated carbocycles. The first-order valence-corrected chi connectivity index (χ1v) is 10.3. The van der Waals surface area contributed by atoms with Crippen LogP contribution in [0.2, 0.25) is 0 Å². The van der Waals surface area contributed by atoms with E-state index in [0.717, 1.165) is 12.1 Å². The monoisotopic (exact) mass is 458 g/mol. The molecular weight excluding hydrogens is 437 g/mol. The lowest BCUT2D eigenvalue weighted by Crippen LogP contribution is -2.44. The molecule has 3 N–H and O–H groups in total. The molecule has 4 rings (SSSR count). The number of urea groups is 1. The normalized spacial score (nSPS) is 19.8. The van der Waals surface area contributed by atoms with Gasteiger partial charge in [0.15, 0.2) is 0 Å². The maximum atomic E-state index is 13.3. The molecule has 2 aliphatic rings. The lowest BCUT2D eigenvalue weighted by Gasteiger charge is -2.20. The predicted octanol–water partition coefficient (Wildman–Crippen LogP) is 3.39. The van der Waals surface area contributed by atoms with Crippen molar-refractivity contribution in [3.05, 3.63) is 66.2 Å². The first kappa shape index (κ1) is 22.4. The first-order chi connectivity index (χ1) is 15.7. The summed E-state index contributed by atoms with van der Waals surface area (Å²) >= 11 is 0. The zero-order chi connectivity index (χ0) is 23.8. The van der Waals surface area contributed by atoms with E-state index in [9.17, 15) is 27.6 Å². The van der Waals surface area contributed by atoms with E-state index >= 15 is 0 Å². The van der Waals surface area contributed by atoms with Crippen molar-refractivity contribution in [2.24, 2.45) is 0 Å². The van der Waals surface area contributed by atoms with Gasteiger partial charge in [-0.2, -0.15) is 13.2 Å². The predicted molar refractivity (Wildman–Crippen MR) is 115 cm³/mol. The van der Waals surface area contributed by atoms with Crippen LogP contribution < -0.4 is 16.0 Å². The van der Waals surface area contributed by atoms with Gasteiger partial charge in [-0.05, 0) is 41.8 Å². The fourth-order valence-electron chi connectivity index (χ4n) is 4.07. The Morgan fingerprint density at radius 3 is 2.67 bits per heavy atom. The molecule has 2 aromatic carbocycles. The number of nitrogens with one attached hydrogen (secondary N) is 3. The number of anilines is 1. The molecule has 4 amide bonds. The molecule has 7 nitrogen and oxygen atoms in total. The summed E-state index contributed by atoms with van der Waals surface area (Å²) in [7, 11) is 0. The molecule has 0 radical (unpaired) electrons. The summed E-state index contributed by atoms with van der Waals surface area (Å²) in [5.74, 6) is -0.817. The number of alkyl halides is 3. The van der Waals surface area contributed by atoms with E-state index in [-0.39, 0.29) is 31.0 Å². The minimum atomic E-state index is -4.49. The van der Waals surface area contributed by atoms with Crippen LogP contribution in [0.5, 0.6) is 0 Å². The number of carbonyl (C=O) groups excluding carboxylic acids is 3. The quantitative estimate of drug-likeness (QED) is 0.614. The van der Waals surface area contributed by atoms with E-state index in [1.807, 2.05) is 0 Å². The summed E-state index contributed by atoms with van der Waals surface area (Å²) in [5, 5.41) is 8.04. The molecule has 2 aliphatic heterocycles. The van der Waals surface area contributed by atoms with Crippen LogP contribution in [-0.2, 0) is 11.0 Å². The Morgan fingerprint density at radius 2 is 1.94 bits per heavy atom. The van der Waals surface area contributed by atoms with Crippen LogP contribution in [0.4, 0.5) is 23.7 Å². The number of halogens is 3. The maximum absolute atomic E-state index is 13.3. The summed E-state index contributed by atoms with van der Waals surface area (Å²) in [6, 6.07) is 7.75. The molecule has 0 unspecified atom stereocenters. The van der Waals surface area contributed by atoms with Crippen LogP contribution in [0.3, 0.4) is 0 Å². The third kappa shape index (κ3) is 4.55. The fraction of sp³-hybridized carbons (Fsp3) is 0.261. The van der Waals surface area contributed by atoms with Gasteiger partial charge in [-0.1, -0.05) is 24.3 Å². The van der Waals surface area contributed by atoms with Gasteiger partial charge in [0, 0.05) is 13.1 Å². The van der Waals surface area contributed by atoms with E-state index in [1.165, 1.54) is 35.2 Å².